The molecule has 4 amide bonds. The van der Waals surface area contributed by atoms with Crippen molar-refractivity contribution in [2.75, 3.05) is 13.1 Å². The van der Waals surface area contributed by atoms with Crippen LogP contribution in [0, 0.1) is 17.0 Å². The molecule has 0 unspecified atom stereocenters. The van der Waals surface area contributed by atoms with Gasteiger partial charge in [-0.25, -0.2) is 4.79 Å². The Bertz CT molecular complexity index is 989. The van der Waals surface area contributed by atoms with E-state index in [9.17, 15) is 24.5 Å². The Morgan fingerprint density at radius 3 is 2.55 bits per heavy atom. The van der Waals surface area contributed by atoms with Crippen LogP contribution in [0.1, 0.15) is 38.3 Å². The first kappa shape index (κ1) is 20.0. The molecule has 0 aliphatic carbocycles. The molecule has 1 heterocycles. The Morgan fingerprint density at radius 2 is 1.83 bits per heavy atom. The minimum Gasteiger partial charge on any atom is -0.338 e. The molecule has 0 spiro atoms. The number of hydrogen-bond acceptors (Lipinski definition) is 5. The molecule has 0 atom stereocenters. The van der Waals surface area contributed by atoms with Crippen molar-refractivity contribution in [3.8, 4) is 0 Å². The highest BCUT2D eigenvalue weighted by atomic mass is 16.6. The molecule has 9 nitrogen and oxygen atoms in total. The number of imide groups is 1. The van der Waals surface area contributed by atoms with E-state index in [-0.39, 0.29) is 35.9 Å². The maximum absolute atomic E-state index is 12.4. The monoisotopic (exact) mass is 396 g/mol. The molecular formula is C20H20N4O5. The zero-order chi connectivity index (χ0) is 21.0. The van der Waals surface area contributed by atoms with Crippen molar-refractivity contribution in [3.05, 3.63) is 74.8 Å². The number of hydrogen-bond donors (Lipinski definition) is 2. The van der Waals surface area contributed by atoms with Gasteiger partial charge in [-0.15, -0.1) is 0 Å². The number of benzene rings is 2. The number of nitro groups is 1. The fraction of sp³-hybridized carbons (Fsp3) is 0.250. The van der Waals surface area contributed by atoms with Crippen molar-refractivity contribution in [2.45, 2.75) is 19.9 Å². The van der Waals surface area contributed by atoms with Crippen LogP contribution in [0.2, 0.25) is 0 Å². The van der Waals surface area contributed by atoms with E-state index in [0.717, 1.165) is 22.1 Å². The van der Waals surface area contributed by atoms with Gasteiger partial charge >= 0.3 is 6.03 Å². The molecule has 3 rings (SSSR count). The van der Waals surface area contributed by atoms with Gasteiger partial charge in [0.15, 0.2) is 0 Å². The van der Waals surface area contributed by atoms with Crippen LogP contribution >= 0.6 is 0 Å². The van der Waals surface area contributed by atoms with Crippen molar-refractivity contribution in [3.63, 3.8) is 0 Å². The average molecular weight is 396 g/mol. The van der Waals surface area contributed by atoms with Gasteiger partial charge in [0.1, 0.15) is 0 Å². The number of rotatable bonds is 7. The Labute approximate surface area is 166 Å². The third-order valence-corrected chi connectivity index (χ3v) is 4.54. The number of carbonyl (C=O) groups is 3. The zero-order valence-corrected chi connectivity index (χ0v) is 15.8. The number of fused-ring (bicyclic) bond motifs is 1. The van der Waals surface area contributed by atoms with Gasteiger partial charge in [0, 0.05) is 31.8 Å². The number of carbonyl (C=O) groups excluding carboxylic acids is 3. The van der Waals surface area contributed by atoms with Gasteiger partial charge in [-0.05, 0) is 25.0 Å². The van der Waals surface area contributed by atoms with E-state index >= 15 is 0 Å². The number of aryl methyl sites for hydroxylation is 1. The molecule has 0 saturated heterocycles. The van der Waals surface area contributed by atoms with Crippen LogP contribution in [-0.2, 0) is 6.54 Å². The lowest BCUT2D eigenvalue weighted by Crippen LogP contribution is -2.37. The summed E-state index contributed by atoms with van der Waals surface area (Å²) < 4.78 is 0. The standard InChI is InChI=1S/C20H20N4O5/c1-13-4-2-5-14(10-13)12-22-20(27)21-8-3-9-23-18(25)16-7-6-15(24(28)29)11-17(16)19(23)26/h2,4-7,10-11H,3,8-9,12H2,1H3,(H2,21,22,27). The highest BCUT2D eigenvalue weighted by Crippen LogP contribution is 2.26. The zero-order valence-electron chi connectivity index (χ0n) is 15.8. The second-order valence-electron chi connectivity index (χ2n) is 6.70. The molecule has 9 heteroatoms. The molecule has 1 aliphatic heterocycles. The molecule has 2 aromatic rings. The highest BCUT2D eigenvalue weighted by Gasteiger charge is 2.36. The van der Waals surface area contributed by atoms with E-state index in [2.05, 4.69) is 10.6 Å². The summed E-state index contributed by atoms with van der Waals surface area (Å²) >= 11 is 0. The van der Waals surface area contributed by atoms with E-state index in [1.54, 1.807) is 0 Å². The van der Waals surface area contributed by atoms with E-state index in [4.69, 9.17) is 0 Å². The maximum Gasteiger partial charge on any atom is 0.315 e. The SMILES string of the molecule is Cc1cccc(CNC(=O)NCCCN2C(=O)c3ccc([N+](=O)[O-])cc3C2=O)c1. The first-order chi connectivity index (χ1) is 13.9. The van der Waals surface area contributed by atoms with Gasteiger partial charge in [0.05, 0.1) is 16.1 Å². The quantitative estimate of drug-likeness (QED) is 0.322. The second-order valence-corrected chi connectivity index (χ2v) is 6.70. The fourth-order valence-electron chi connectivity index (χ4n) is 3.10. The molecule has 0 aromatic heterocycles. The lowest BCUT2D eigenvalue weighted by atomic mass is 10.1. The van der Waals surface area contributed by atoms with Crippen LogP contribution in [0.25, 0.3) is 0 Å². The molecule has 0 bridgehead atoms. The summed E-state index contributed by atoms with van der Waals surface area (Å²) in [5.74, 6) is -1.04. The number of nitro benzene ring substituents is 1. The first-order valence-corrected chi connectivity index (χ1v) is 9.08. The number of non-ortho nitro benzene ring substituents is 1. The summed E-state index contributed by atoms with van der Waals surface area (Å²) in [5.41, 5.74) is 2.05. The van der Waals surface area contributed by atoms with Gasteiger partial charge in [0.25, 0.3) is 17.5 Å². The van der Waals surface area contributed by atoms with Crippen LogP contribution in [0.15, 0.2) is 42.5 Å². The number of amides is 4. The summed E-state index contributed by atoms with van der Waals surface area (Å²) in [5, 5.41) is 16.3. The Kier molecular flexibility index (Phi) is 5.87. The smallest absolute Gasteiger partial charge is 0.315 e. The summed E-state index contributed by atoms with van der Waals surface area (Å²) in [6.07, 6.45) is 0.366. The average Bonchev–Trinajstić information content (AvgIpc) is 2.93. The topological polar surface area (TPSA) is 122 Å². The largest absolute Gasteiger partial charge is 0.338 e. The fourth-order valence-corrected chi connectivity index (χ4v) is 3.10. The Morgan fingerprint density at radius 1 is 1.07 bits per heavy atom. The van der Waals surface area contributed by atoms with Gasteiger partial charge in [-0.3, -0.25) is 24.6 Å². The summed E-state index contributed by atoms with van der Waals surface area (Å²) in [4.78, 5) is 47.9. The molecule has 29 heavy (non-hydrogen) atoms. The minimum atomic E-state index is -0.611. The normalized spacial score (nSPS) is 12.7. The molecule has 150 valence electrons. The number of nitrogens with one attached hydrogen (secondary N) is 2. The molecule has 2 aromatic carbocycles. The van der Waals surface area contributed by atoms with Crippen LogP contribution in [0.4, 0.5) is 10.5 Å². The number of urea groups is 1. The van der Waals surface area contributed by atoms with Crippen molar-refractivity contribution >= 4 is 23.5 Å². The van der Waals surface area contributed by atoms with Crippen molar-refractivity contribution in [2.24, 2.45) is 0 Å². The lowest BCUT2D eigenvalue weighted by molar-refractivity contribution is -0.384. The molecule has 0 saturated carbocycles. The van der Waals surface area contributed by atoms with Gasteiger partial charge in [-0.2, -0.15) is 0 Å². The van der Waals surface area contributed by atoms with E-state index in [1.807, 2.05) is 31.2 Å². The Balaban J connectivity index is 1.46. The van der Waals surface area contributed by atoms with Crippen LogP contribution in [0.5, 0.6) is 0 Å². The van der Waals surface area contributed by atoms with Crippen LogP contribution in [-0.4, -0.2) is 40.8 Å². The highest BCUT2D eigenvalue weighted by molar-refractivity contribution is 6.21. The molecule has 1 aliphatic rings. The van der Waals surface area contributed by atoms with Crippen molar-refractivity contribution in [1.29, 1.82) is 0 Å². The predicted molar refractivity (Wildman–Crippen MR) is 104 cm³/mol. The van der Waals surface area contributed by atoms with E-state index < -0.39 is 16.7 Å². The lowest BCUT2D eigenvalue weighted by Gasteiger charge is -2.14. The summed E-state index contributed by atoms with van der Waals surface area (Å²) in [6.45, 7) is 2.75. The third kappa shape index (κ3) is 4.57. The molecule has 2 N–H and O–H groups in total. The number of nitrogens with zero attached hydrogens (tertiary/aromatic N) is 2. The van der Waals surface area contributed by atoms with Crippen LogP contribution < -0.4 is 10.6 Å². The van der Waals surface area contributed by atoms with E-state index in [1.165, 1.54) is 12.1 Å². The summed E-state index contributed by atoms with van der Waals surface area (Å²) in [6, 6.07) is 11.1. The molecule has 0 radical (unpaired) electrons. The first-order valence-electron chi connectivity index (χ1n) is 9.08. The maximum atomic E-state index is 12.4. The third-order valence-electron chi connectivity index (χ3n) is 4.54. The van der Waals surface area contributed by atoms with Gasteiger partial charge < -0.3 is 10.6 Å². The minimum absolute atomic E-state index is 0.0352. The summed E-state index contributed by atoms with van der Waals surface area (Å²) in [7, 11) is 0. The second kappa shape index (κ2) is 8.51. The van der Waals surface area contributed by atoms with Crippen molar-refractivity contribution < 1.29 is 19.3 Å². The van der Waals surface area contributed by atoms with Crippen LogP contribution in [0.3, 0.4) is 0 Å². The van der Waals surface area contributed by atoms with Gasteiger partial charge in [-0.1, -0.05) is 29.8 Å². The predicted octanol–water partition coefficient (Wildman–Crippen LogP) is 2.39. The Hall–Kier alpha value is -3.75. The molecular weight excluding hydrogens is 376 g/mol. The molecule has 0 fully saturated rings. The van der Waals surface area contributed by atoms with E-state index in [0.29, 0.717) is 13.0 Å². The van der Waals surface area contributed by atoms with Gasteiger partial charge in [0.2, 0.25) is 0 Å². The van der Waals surface area contributed by atoms with Crippen molar-refractivity contribution in [1.82, 2.24) is 15.5 Å².